The van der Waals surface area contributed by atoms with Crippen molar-refractivity contribution in [3.63, 3.8) is 0 Å². The largest absolute Gasteiger partial charge is 0.398 e. The molecule has 0 unspecified atom stereocenters. The summed E-state index contributed by atoms with van der Waals surface area (Å²) >= 11 is 0. The van der Waals surface area contributed by atoms with Crippen LogP contribution in [0.2, 0.25) is 0 Å². The number of carbonyl (C=O) groups excluding carboxylic acids is 2. The van der Waals surface area contributed by atoms with Crippen LogP contribution in [0.4, 0.5) is 10.5 Å². The third kappa shape index (κ3) is 2.99. The van der Waals surface area contributed by atoms with E-state index in [-0.39, 0.29) is 17.8 Å². The summed E-state index contributed by atoms with van der Waals surface area (Å²) in [6.07, 6.45) is 0. The molecule has 0 fully saturated rings. The predicted octanol–water partition coefficient (Wildman–Crippen LogP) is 0.232. The van der Waals surface area contributed by atoms with Crippen molar-refractivity contribution in [3.05, 3.63) is 29.8 Å². The number of nitriles is 1. The second kappa shape index (κ2) is 5.36. The number of anilines is 1. The molecule has 1 aromatic carbocycles. The first-order chi connectivity index (χ1) is 7.65. The van der Waals surface area contributed by atoms with Crippen molar-refractivity contribution >= 4 is 17.6 Å². The summed E-state index contributed by atoms with van der Waals surface area (Å²) in [5, 5.41) is 12.4. The number of rotatable bonds is 2. The highest BCUT2D eigenvalue weighted by Gasteiger charge is 2.11. The van der Waals surface area contributed by atoms with Crippen molar-refractivity contribution in [2.75, 3.05) is 12.3 Å². The van der Waals surface area contributed by atoms with Gasteiger partial charge in [-0.25, -0.2) is 4.79 Å². The van der Waals surface area contributed by atoms with Crippen molar-refractivity contribution in [1.29, 1.82) is 5.26 Å². The zero-order chi connectivity index (χ0) is 12.0. The molecule has 0 aliphatic heterocycles. The number of para-hydroxylation sites is 1. The normalized spacial score (nSPS) is 8.94. The Kier molecular flexibility index (Phi) is 3.86. The van der Waals surface area contributed by atoms with Crippen molar-refractivity contribution in [1.82, 2.24) is 10.6 Å². The molecule has 0 saturated carbocycles. The molecule has 0 heterocycles. The topological polar surface area (TPSA) is 108 Å². The lowest BCUT2D eigenvalue weighted by molar-refractivity contribution is 0.0965. The zero-order valence-corrected chi connectivity index (χ0v) is 8.36. The molecular weight excluding hydrogens is 208 g/mol. The van der Waals surface area contributed by atoms with Gasteiger partial charge in [0, 0.05) is 5.69 Å². The minimum Gasteiger partial charge on any atom is -0.398 e. The molecule has 3 amide bonds. The van der Waals surface area contributed by atoms with Crippen LogP contribution in [0.25, 0.3) is 0 Å². The van der Waals surface area contributed by atoms with Crippen LogP contribution < -0.4 is 16.4 Å². The Balaban J connectivity index is 2.63. The van der Waals surface area contributed by atoms with E-state index >= 15 is 0 Å². The second-order valence-corrected chi connectivity index (χ2v) is 2.88. The Morgan fingerprint density at radius 2 is 2.06 bits per heavy atom. The molecule has 0 atom stereocenters. The van der Waals surface area contributed by atoms with Crippen LogP contribution in [0.3, 0.4) is 0 Å². The van der Waals surface area contributed by atoms with Gasteiger partial charge in [-0.05, 0) is 12.1 Å². The molecular formula is C10H10N4O2. The monoisotopic (exact) mass is 218 g/mol. The Labute approximate surface area is 92.0 Å². The number of amides is 3. The molecule has 1 rings (SSSR count). The van der Waals surface area contributed by atoms with Crippen LogP contribution in [0, 0.1) is 11.3 Å². The van der Waals surface area contributed by atoms with Crippen LogP contribution in [0.1, 0.15) is 10.4 Å². The smallest absolute Gasteiger partial charge is 0.322 e. The number of nitrogen functional groups attached to an aromatic ring is 1. The van der Waals surface area contributed by atoms with Crippen LogP contribution in [0.5, 0.6) is 0 Å². The van der Waals surface area contributed by atoms with E-state index in [1.54, 1.807) is 24.3 Å². The number of urea groups is 1. The molecule has 16 heavy (non-hydrogen) atoms. The fraction of sp³-hybridized carbons (Fsp3) is 0.100. The van der Waals surface area contributed by atoms with Gasteiger partial charge in [-0.2, -0.15) is 5.26 Å². The van der Waals surface area contributed by atoms with E-state index in [0.29, 0.717) is 0 Å². The minimum absolute atomic E-state index is 0.163. The first kappa shape index (κ1) is 11.5. The average molecular weight is 218 g/mol. The number of benzene rings is 1. The molecule has 0 aromatic heterocycles. The summed E-state index contributed by atoms with van der Waals surface area (Å²) < 4.78 is 0. The Bertz CT molecular complexity index is 450. The van der Waals surface area contributed by atoms with E-state index in [0.717, 1.165) is 0 Å². The van der Waals surface area contributed by atoms with E-state index in [2.05, 4.69) is 10.6 Å². The number of nitrogens with two attached hydrogens (primary N) is 1. The van der Waals surface area contributed by atoms with Gasteiger partial charge in [-0.3, -0.25) is 10.1 Å². The fourth-order valence-corrected chi connectivity index (χ4v) is 1.04. The summed E-state index contributed by atoms with van der Waals surface area (Å²) in [5.41, 5.74) is 6.05. The van der Waals surface area contributed by atoms with Gasteiger partial charge >= 0.3 is 6.03 Å². The molecule has 82 valence electrons. The highest BCUT2D eigenvalue weighted by atomic mass is 16.2. The average Bonchev–Trinajstić information content (AvgIpc) is 2.26. The maximum atomic E-state index is 11.5. The fourth-order valence-electron chi connectivity index (χ4n) is 1.04. The van der Waals surface area contributed by atoms with Crippen LogP contribution in [-0.4, -0.2) is 18.5 Å². The van der Waals surface area contributed by atoms with Gasteiger partial charge in [-0.1, -0.05) is 12.1 Å². The number of hydrogen-bond acceptors (Lipinski definition) is 4. The quantitative estimate of drug-likeness (QED) is 0.487. The van der Waals surface area contributed by atoms with Crippen LogP contribution in [0.15, 0.2) is 24.3 Å². The Hall–Kier alpha value is -2.55. The first-order valence-electron chi connectivity index (χ1n) is 4.45. The zero-order valence-electron chi connectivity index (χ0n) is 8.36. The molecule has 0 saturated heterocycles. The van der Waals surface area contributed by atoms with Crippen molar-refractivity contribution in [2.24, 2.45) is 0 Å². The van der Waals surface area contributed by atoms with E-state index < -0.39 is 11.9 Å². The molecule has 0 radical (unpaired) electrons. The molecule has 0 spiro atoms. The lowest BCUT2D eigenvalue weighted by atomic mass is 10.2. The first-order valence-corrected chi connectivity index (χ1v) is 4.45. The lowest BCUT2D eigenvalue weighted by Gasteiger charge is -2.05. The Morgan fingerprint density at radius 3 is 2.69 bits per heavy atom. The van der Waals surface area contributed by atoms with E-state index in [4.69, 9.17) is 11.0 Å². The Morgan fingerprint density at radius 1 is 1.38 bits per heavy atom. The van der Waals surface area contributed by atoms with Crippen molar-refractivity contribution in [2.45, 2.75) is 0 Å². The third-order valence-corrected chi connectivity index (χ3v) is 1.76. The maximum absolute atomic E-state index is 11.5. The van der Waals surface area contributed by atoms with Gasteiger partial charge in [0.25, 0.3) is 5.91 Å². The standard InChI is InChI=1S/C10H10N4O2/c11-5-6-13-10(16)14-9(15)7-3-1-2-4-8(7)12/h1-4H,6,12H2,(H2,13,14,15,16). The summed E-state index contributed by atoms with van der Waals surface area (Å²) in [4.78, 5) is 22.6. The lowest BCUT2D eigenvalue weighted by Crippen LogP contribution is -2.39. The SMILES string of the molecule is N#CCNC(=O)NC(=O)c1ccccc1N. The number of nitrogens with zero attached hydrogens (tertiary/aromatic N) is 1. The number of nitrogens with one attached hydrogen (secondary N) is 2. The van der Waals surface area contributed by atoms with Crippen molar-refractivity contribution < 1.29 is 9.59 Å². The third-order valence-electron chi connectivity index (χ3n) is 1.76. The summed E-state index contributed by atoms with van der Waals surface area (Å²) in [6.45, 7) is -0.163. The van der Waals surface area contributed by atoms with Crippen molar-refractivity contribution in [3.8, 4) is 6.07 Å². The predicted molar refractivity (Wildman–Crippen MR) is 57.3 cm³/mol. The maximum Gasteiger partial charge on any atom is 0.322 e. The van der Waals surface area contributed by atoms with Gasteiger partial charge in [0.15, 0.2) is 0 Å². The number of hydrogen-bond donors (Lipinski definition) is 3. The molecule has 6 heteroatoms. The minimum atomic E-state index is -0.727. The van der Waals surface area contributed by atoms with E-state index in [9.17, 15) is 9.59 Å². The van der Waals surface area contributed by atoms with Gasteiger partial charge < -0.3 is 11.1 Å². The van der Waals surface area contributed by atoms with Gasteiger partial charge in [0.2, 0.25) is 0 Å². The van der Waals surface area contributed by atoms with Crippen LogP contribution >= 0.6 is 0 Å². The molecule has 0 aliphatic rings. The number of imide groups is 1. The summed E-state index contributed by atoms with van der Waals surface area (Å²) in [5.74, 6) is -0.603. The summed E-state index contributed by atoms with van der Waals surface area (Å²) in [6, 6.07) is 7.37. The summed E-state index contributed by atoms with van der Waals surface area (Å²) in [7, 11) is 0. The molecule has 1 aromatic rings. The second-order valence-electron chi connectivity index (χ2n) is 2.88. The molecule has 6 nitrogen and oxygen atoms in total. The van der Waals surface area contributed by atoms with Gasteiger partial charge in [0.1, 0.15) is 6.54 Å². The van der Waals surface area contributed by atoms with E-state index in [1.807, 2.05) is 0 Å². The molecule has 0 aliphatic carbocycles. The highest BCUT2D eigenvalue weighted by molar-refractivity contribution is 6.07. The molecule has 0 bridgehead atoms. The van der Waals surface area contributed by atoms with Gasteiger partial charge in [-0.15, -0.1) is 0 Å². The number of carbonyl (C=O) groups is 2. The molecule has 4 N–H and O–H groups in total. The van der Waals surface area contributed by atoms with Gasteiger partial charge in [0.05, 0.1) is 11.6 Å². The van der Waals surface area contributed by atoms with Crippen LogP contribution in [-0.2, 0) is 0 Å². The highest BCUT2D eigenvalue weighted by Crippen LogP contribution is 2.09. The van der Waals surface area contributed by atoms with E-state index in [1.165, 1.54) is 6.07 Å².